The number of aliphatic imine (C=N–C) groups is 1. The number of rotatable bonds is 5. The van der Waals surface area contributed by atoms with E-state index in [0.717, 1.165) is 22.4 Å². The number of carbonyl (C=O) groups excluding carboxylic acids is 2. The van der Waals surface area contributed by atoms with Gasteiger partial charge in [0, 0.05) is 23.6 Å². The van der Waals surface area contributed by atoms with Crippen LogP contribution in [0.15, 0.2) is 82.9 Å². The third-order valence-electron chi connectivity index (χ3n) is 5.94. The molecule has 0 spiro atoms. The predicted molar refractivity (Wildman–Crippen MR) is 142 cm³/mol. The van der Waals surface area contributed by atoms with Crippen molar-refractivity contribution in [2.24, 2.45) is 10.1 Å². The van der Waals surface area contributed by atoms with Crippen LogP contribution >= 0.6 is 23.4 Å². The number of hydrogen-bond donors (Lipinski definition) is 1. The smallest absolute Gasteiger partial charge is 0.262 e. The number of nitrogens with zero attached hydrogens (tertiary/aromatic N) is 3. The van der Waals surface area contributed by atoms with E-state index in [1.807, 2.05) is 37.3 Å². The molecule has 182 valence electrons. The molecule has 0 saturated carbocycles. The number of hydrazone groups is 1. The van der Waals surface area contributed by atoms with Crippen LogP contribution in [-0.4, -0.2) is 33.0 Å². The number of anilines is 1. The fraction of sp³-hybridized carbons (Fsp3) is 0.185. The lowest BCUT2D eigenvalue weighted by Gasteiger charge is -2.23. The molecular formula is C27H22ClFN4O2S. The summed E-state index contributed by atoms with van der Waals surface area (Å²) in [6.45, 7) is 1.94. The number of amides is 2. The van der Waals surface area contributed by atoms with E-state index in [1.165, 1.54) is 23.9 Å². The van der Waals surface area contributed by atoms with Crippen molar-refractivity contribution in [1.29, 1.82) is 0 Å². The van der Waals surface area contributed by atoms with Crippen LogP contribution in [0.2, 0.25) is 5.02 Å². The van der Waals surface area contributed by atoms with Gasteiger partial charge in [0.1, 0.15) is 11.1 Å². The summed E-state index contributed by atoms with van der Waals surface area (Å²) >= 11 is 7.27. The molecule has 0 fully saturated rings. The second kappa shape index (κ2) is 10.2. The predicted octanol–water partition coefficient (Wildman–Crippen LogP) is 5.97. The van der Waals surface area contributed by atoms with Gasteiger partial charge in [-0.25, -0.2) is 9.40 Å². The van der Waals surface area contributed by atoms with Crippen molar-refractivity contribution in [3.8, 4) is 0 Å². The van der Waals surface area contributed by atoms with Crippen LogP contribution in [0.3, 0.4) is 0 Å². The Balaban J connectivity index is 1.35. The zero-order chi connectivity index (χ0) is 25.2. The highest BCUT2D eigenvalue weighted by atomic mass is 35.5. The van der Waals surface area contributed by atoms with Crippen LogP contribution in [-0.2, 0) is 9.59 Å². The first kappa shape index (κ1) is 24.2. The Kier molecular flexibility index (Phi) is 6.89. The van der Waals surface area contributed by atoms with Crippen molar-refractivity contribution < 1.29 is 14.0 Å². The molecule has 1 N–H and O–H groups in total. The average Bonchev–Trinajstić information content (AvgIpc) is 3.44. The molecule has 3 aromatic carbocycles. The normalized spacial score (nSPS) is 19.3. The van der Waals surface area contributed by atoms with Crippen molar-refractivity contribution >= 4 is 51.7 Å². The zero-order valence-corrected chi connectivity index (χ0v) is 20.9. The van der Waals surface area contributed by atoms with Gasteiger partial charge in [-0.1, -0.05) is 59.8 Å². The summed E-state index contributed by atoms with van der Waals surface area (Å²) in [5.41, 5.74) is 4.26. The van der Waals surface area contributed by atoms with Crippen LogP contribution in [0.5, 0.6) is 0 Å². The Morgan fingerprint density at radius 3 is 2.61 bits per heavy atom. The summed E-state index contributed by atoms with van der Waals surface area (Å²) in [5.74, 6) is -0.961. The molecule has 2 amide bonds. The summed E-state index contributed by atoms with van der Waals surface area (Å²) in [6.07, 6.45) is 0.535. The topological polar surface area (TPSA) is 74.1 Å². The first-order valence-electron chi connectivity index (χ1n) is 11.4. The lowest BCUT2D eigenvalue weighted by Crippen LogP contribution is -2.25. The number of benzene rings is 3. The molecule has 2 aliphatic heterocycles. The van der Waals surface area contributed by atoms with E-state index in [9.17, 15) is 14.0 Å². The fourth-order valence-corrected chi connectivity index (χ4v) is 5.34. The first-order chi connectivity index (χ1) is 17.4. The number of aryl methyl sites for hydroxylation is 1. The zero-order valence-electron chi connectivity index (χ0n) is 19.3. The summed E-state index contributed by atoms with van der Waals surface area (Å²) < 4.78 is 13.6. The van der Waals surface area contributed by atoms with E-state index in [0.29, 0.717) is 22.3 Å². The molecule has 5 rings (SSSR count). The molecule has 9 heteroatoms. The summed E-state index contributed by atoms with van der Waals surface area (Å²) in [6, 6.07) is 20.8. The molecule has 3 aromatic rings. The Bertz CT molecular complexity index is 1380. The van der Waals surface area contributed by atoms with Crippen LogP contribution in [0.1, 0.15) is 35.6 Å². The molecule has 0 aromatic heterocycles. The molecule has 2 unspecified atom stereocenters. The van der Waals surface area contributed by atoms with E-state index in [2.05, 4.69) is 10.3 Å². The number of amidine groups is 1. The highest BCUT2D eigenvalue weighted by molar-refractivity contribution is 8.15. The highest BCUT2D eigenvalue weighted by Crippen LogP contribution is 2.38. The number of thioether (sulfide) groups is 1. The van der Waals surface area contributed by atoms with Crippen LogP contribution < -0.4 is 5.32 Å². The van der Waals surface area contributed by atoms with Crippen LogP contribution in [0, 0.1) is 12.7 Å². The van der Waals surface area contributed by atoms with Gasteiger partial charge >= 0.3 is 0 Å². The van der Waals surface area contributed by atoms with Gasteiger partial charge in [0.25, 0.3) is 5.91 Å². The van der Waals surface area contributed by atoms with Gasteiger partial charge in [0.05, 0.1) is 11.8 Å². The number of nitrogens with one attached hydrogen (secondary N) is 1. The Labute approximate surface area is 217 Å². The van der Waals surface area contributed by atoms with E-state index >= 15 is 0 Å². The monoisotopic (exact) mass is 520 g/mol. The molecule has 0 saturated heterocycles. The largest absolute Gasteiger partial charge is 0.326 e. The average molecular weight is 521 g/mol. The lowest BCUT2D eigenvalue weighted by molar-refractivity contribution is -0.121. The number of carbonyl (C=O) groups is 2. The Morgan fingerprint density at radius 1 is 1.14 bits per heavy atom. The van der Waals surface area contributed by atoms with Crippen molar-refractivity contribution in [3.05, 3.63) is 100 Å². The maximum Gasteiger partial charge on any atom is 0.262 e. The van der Waals surface area contributed by atoms with E-state index in [4.69, 9.17) is 16.7 Å². The number of hydrogen-bond acceptors (Lipinski definition) is 5. The Morgan fingerprint density at radius 2 is 1.89 bits per heavy atom. The van der Waals surface area contributed by atoms with Gasteiger partial charge in [-0.2, -0.15) is 10.1 Å². The molecule has 2 aliphatic rings. The minimum absolute atomic E-state index is 0.00669. The highest BCUT2D eigenvalue weighted by Gasteiger charge is 2.39. The number of halogens is 2. The van der Waals surface area contributed by atoms with Gasteiger partial charge in [-0.3, -0.25) is 9.59 Å². The third kappa shape index (κ3) is 5.34. The molecule has 2 atom stereocenters. The molecule has 0 radical (unpaired) electrons. The SMILES string of the molecule is Cc1cccc(NC(=O)CC2SC(N3N=C(c4ccc(Cl)cc4)CC3c3ccc(F)cc3)=NC2=O)c1. The quantitative estimate of drug-likeness (QED) is 0.450. The molecule has 36 heavy (non-hydrogen) atoms. The van der Waals surface area contributed by atoms with Gasteiger partial charge in [0.2, 0.25) is 5.91 Å². The molecule has 6 nitrogen and oxygen atoms in total. The minimum Gasteiger partial charge on any atom is -0.326 e. The maximum atomic E-state index is 13.6. The van der Waals surface area contributed by atoms with Crippen LogP contribution in [0.4, 0.5) is 10.1 Å². The van der Waals surface area contributed by atoms with Crippen molar-refractivity contribution in [1.82, 2.24) is 5.01 Å². The van der Waals surface area contributed by atoms with Gasteiger partial charge < -0.3 is 5.32 Å². The summed E-state index contributed by atoms with van der Waals surface area (Å²) in [7, 11) is 0. The Hall–Kier alpha value is -3.49. The fourth-order valence-electron chi connectivity index (χ4n) is 4.16. The van der Waals surface area contributed by atoms with Crippen molar-refractivity contribution in [2.75, 3.05) is 5.32 Å². The lowest BCUT2D eigenvalue weighted by atomic mass is 9.98. The maximum absolute atomic E-state index is 13.6. The van der Waals surface area contributed by atoms with Gasteiger partial charge in [-0.05, 0) is 60.0 Å². The molecule has 2 heterocycles. The summed E-state index contributed by atoms with van der Waals surface area (Å²) in [5, 5.41) is 9.74. The van der Waals surface area contributed by atoms with Gasteiger partial charge in [-0.15, -0.1) is 0 Å². The van der Waals surface area contributed by atoms with Crippen molar-refractivity contribution in [2.45, 2.75) is 31.1 Å². The third-order valence-corrected chi connectivity index (χ3v) is 7.33. The second-order valence-electron chi connectivity index (χ2n) is 8.63. The van der Waals surface area contributed by atoms with E-state index < -0.39 is 5.25 Å². The van der Waals surface area contributed by atoms with Gasteiger partial charge in [0.15, 0.2) is 5.17 Å². The standard InChI is InChI=1S/C27H22ClFN4O2S/c1-16-3-2-4-21(13-16)30-25(34)15-24-26(35)31-27(36-24)33-23(18-7-11-20(29)12-8-18)14-22(32-33)17-5-9-19(28)10-6-17/h2-13,23-24H,14-15H2,1H3,(H,30,34). The molecule has 0 bridgehead atoms. The minimum atomic E-state index is -0.645. The second-order valence-corrected chi connectivity index (χ2v) is 10.2. The first-order valence-corrected chi connectivity index (χ1v) is 12.7. The summed E-state index contributed by atoms with van der Waals surface area (Å²) in [4.78, 5) is 29.6. The van der Waals surface area contributed by atoms with E-state index in [-0.39, 0.29) is 30.1 Å². The van der Waals surface area contributed by atoms with E-state index in [1.54, 1.807) is 35.3 Å². The van der Waals surface area contributed by atoms with Crippen molar-refractivity contribution in [3.63, 3.8) is 0 Å². The molecular weight excluding hydrogens is 499 g/mol. The molecule has 0 aliphatic carbocycles. The van der Waals surface area contributed by atoms with Crippen LogP contribution in [0.25, 0.3) is 0 Å².